The molecule has 0 spiro atoms. The maximum atomic E-state index is 11.5. The highest BCUT2D eigenvalue weighted by atomic mass is 16.3. The molecular formula is C12H17NO3. The van der Waals surface area contributed by atoms with E-state index in [2.05, 4.69) is 5.32 Å². The van der Waals surface area contributed by atoms with E-state index in [-0.39, 0.29) is 30.6 Å². The number of benzene rings is 1. The van der Waals surface area contributed by atoms with Crippen LogP contribution in [0.5, 0.6) is 5.75 Å². The summed E-state index contributed by atoms with van der Waals surface area (Å²) in [5.41, 5.74) is 0.608. The van der Waals surface area contributed by atoms with Crippen molar-refractivity contribution in [1.82, 2.24) is 5.32 Å². The van der Waals surface area contributed by atoms with Crippen molar-refractivity contribution >= 4 is 5.91 Å². The van der Waals surface area contributed by atoms with Crippen LogP contribution in [0, 0.1) is 5.92 Å². The molecule has 0 fully saturated rings. The first kappa shape index (κ1) is 12.5. The Morgan fingerprint density at radius 2 is 2.12 bits per heavy atom. The lowest BCUT2D eigenvalue weighted by atomic mass is 10.1. The third kappa shape index (κ3) is 3.90. The van der Waals surface area contributed by atoms with Crippen LogP contribution >= 0.6 is 0 Å². The number of nitrogens with one attached hydrogen (secondary N) is 1. The van der Waals surface area contributed by atoms with E-state index in [4.69, 9.17) is 5.11 Å². The lowest BCUT2D eigenvalue weighted by Gasteiger charge is -2.10. The maximum absolute atomic E-state index is 11.5. The Bertz CT molecular complexity index is 352. The van der Waals surface area contributed by atoms with Gasteiger partial charge >= 0.3 is 0 Å². The minimum Gasteiger partial charge on any atom is -0.508 e. The van der Waals surface area contributed by atoms with Gasteiger partial charge in [0.05, 0.1) is 6.42 Å². The first-order chi connectivity index (χ1) is 7.63. The van der Waals surface area contributed by atoms with E-state index in [1.54, 1.807) is 24.3 Å². The van der Waals surface area contributed by atoms with Gasteiger partial charge in [-0.25, -0.2) is 0 Å². The smallest absolute Gasteiger partial charge is 0.224 e. The van der Waals surface area contributed by atoms with Crippen molar-refractivity contribution in [1.29, 1.82) is 0 Å². The fourth-order valence-electron chi connectivity index (χ4n) is 1.25. The molecule has 1 aromatic rings. The number of phenolic OH excluding ortho intramolecular Hbond substituents is 1. The Labute approximate surface area is 94.9 Å². The molecule has 1 unspecified atom stereocenters. The van der Waals surface area contributed by atoms with E-state index in [1.165, 1.54) is 0 Å². The first-order valence-electron chi connectivity index (χ1n) is 5.28. The predicted octanol–water partition coefficient (Wildman–Crippen LogP) is 0.679. The quantitative estimate of drug-likeness (QED) is 0.687. The Kier molecular flexibility index (Phi) is 4.79. The van der Waals surface area contributed by atoms with Gasteiger partial charge in [0.2, 0.25) is 5.91 Å². The summed E-state index contributed by atoms with van der Waals surface area (Å²) < 4.78 is 0. The standard InChI is InChI=1S/C12H17NO3/c1-9(8-14)7-13-12(16)6-10-4-2-3-5-11(10)15/h2-5,9,14-15H,6-8H2,1H3,(H,13,16). The second-order valence-electron chi connectivity index (χ2n) is 3.90. The Hall–Kier alpha value is -1.55. The van der Waals surface area contributed by atoms with Crippen LogP contribution in [0.2, 0.25) is 0 Å². The highest BCUT2D eigenvalue weighted by Gasteiger charge is 2.08. The number of aliphatic hydroxyl groups is 1. The SMILES string of the molecule is CC(CO)CNC(=O)Cc1ccccc1O. The molecule has 16 heavy (non-hydrogen) atoms. The predicted molar refractivity (Wildman–Crippen MR) is 61.1 cm³/mol. The molecule has 1 amide bonds. The third-order valence-corrected chi connectivity index (χ3v) is 2.30. The van der Waals surface area contributed by atoms with Crippen LogP contribution in [-0.2, 0) is 11.2 Å². The summed E-state index contributed by atoms with van der Waals surface area (Å²) in [5, 5.41) is 21.0. The van der Waals surface area contributed by atoms with Gasteiger partial charge in [-0.15, -0.1) is 0 Å². The van der Waals surface area contributed by atoms with Crippen molar-refractivity contribution < 1.29 is 15.0 Å². The van der Waals surface area contributed by atoms with Crippen molar-refractivity contribution in [2.24, 2.45) is 5.92 Å². The number of rotatable bonds is 5. The van der Waals surface area contributed by atoms with Crippen LogP contribution in [0.4, 0.5) is 0 Å². The lowest BCUT2D eigenvalue weighted by Crippen LogP contribution is -2.30. The molecular weight excluding hydrogens is 206 g/mol. The number of carbonyl (C=O) groups excluding carboxylic acids is 1. The molecule has 4 nitrogen and oxygen atoms in total. The van der Waals surface area contributed by atoms with E-state index in [9.17, 15) is 9.90 Å². The number of aliphatic hydroxyl groups excluding tert-OH is 1. The fraction of sp³-hybridized carbons (Fsp3) is 0.417. The van der Waals surface area contributed by atoms with Gasteiger partial charge in [-0.3, -0.25) is 4.79 Å². The summed E-state index contributed by atoms with van der Waals surface area (Å²) in [5.74, 6) is 0.0305. The number of phenols is 1. The molecule has 1 atom stereocenters. The number of aromatic hydroxyl groups is 1. The summed E-state index contributed by atoms with van der Waals surface area (Å²) in [4.78, 5) is 11.5. The number of carbonyl (C=O) groups is 1. The number of hydrogen-bond acceptors (Lipinski definition) is 3. The molecule has 0 saturated carbocycles. The molecule has 1 aromatic carbocycles. The second-order valence-corrected chi connectivity index (χ2v) is 3.90. The topological polar surface area (TPSA) is 69.6 Å². The van der Waals surface area contributed by atoms with Gasteiger partial charge in [-0.1, -0.05) is 25.1 Å². The van der Waals surface area contributed by atoms with Gasteiger partial charge in [0, 0.05) is 18.7 Å². The van der Waals surface area contributed by atoms with Crippen LogP contribution in [-0.4, -0.2) is 29.3 Å². The normalized spacial score (nSPS) is 12.1. The minimum absolute atomic E-state index is 0.0494. The molecule has 0 aliphatic heterocycles. The minimum atomic E-state index is -0.151. The molecule has 0 bridgehead atoms. The van der Waals surface area contributed by atoms with Crippen molar-refractivity contribution in [3.05, 3.63) is 29.8 Å². The van der Waals surface area contributed by atoms with Gasteiger partial charge in [0.15, 0.2) is 0 Å². The molecule has 0 aromatic heterocycles. The monoisotopic (exact) mass is 223 g/mol. The molecule has 1 rings (SSSR count). The average molecular weight is 223 g/mol. The summed E-state index contributed by atoms with van der Waals surface area (Å²) >= 11 is 0. The second kappa shape index (κ2) is 6.12. The third-order valence-electron chi connectivity index (χ3n) is 2.30. The molecule has 0 saturated heterocycles. The largest absolute Gasteiger partial charge is 0.508 e. The van der Waals surface area contributed by atoms with Gasteiger partial charge in [-0.2, -0.15) is 0 Å². The van der Waals surface area contributed by atoms with Crippen LogP contribution in [0.3, 0.4) is 0 Å². The van der Waals surface area contributed by atoms with Crippen molar-refractivity contribution in [2.45, 2.75) is 13.3 Å². The molecule has 4 heteroatoms. The van der Waals surface area contributed by atoms with Gasteiger partial charge in [-0.05, 0) is 12.0 Å². The highest BCUT2D eigenvalue weighted by molar-refractivity contribution is 5.79. The van der Waals surface area contributed by atoms with E-state index in [0.29, 0.717) is 12.1 Å². The molecule has 0 heterocycles. The van der Waals surface area contributed by atoms with E-state index < -0.39 is 0 Å². The zero-order valence-electron chi connectivity index (χ0n) is 9.31. The van der Waals surface area contributed by atoms with Gasteiger partial charge < -0.3 is 15.5 Å². The van der Waals surface area contributed by atoms with Crippen molar-refractivity contribution in [2.75, 3.05) is 13.2 Å². The molecule has 0 aliphatic rings. The summed E-state index contributed by atoms with van der Waals surface area (Å²) in [7, 11) is 0. The van der Waals surface area contributed by atoms with E-state index >= 15 is 0 Å². The fourth-order valence-corrected chi connectivity index (χ4v) is 1.25. The first-order valence-corrected chi connectivity index (χ1v) is 5.28. The van der Waals surface area contributed by atoms with Crippen LogP contribution in [0.1, 0.15) is 12.5 Å². The van der Waals surface area contributed by atoms with Crippen LogP contribution < -0.4 is 5.32 Å². The summed E-state index contributed by atoms with van der Waals surface area (Å²) in [6.07, 6.45) is 0.158. The highest BCUT2D eigenvalue weighted by Crippen LogP contribution is 2.15. The van der Waals surface area contributed by atoms with Gasteiger partial charge in [0.25, 0.3) is 0 Å². The Balaban J connectivity index is 2.43. The summed E-state index contributed by atoms with van der Waals surface area (Å²) in [6, 6.07) is 6.76. The number of hydrogen-bond donors (Lipinski definition) is 3. The molecule has 88 valence electrons. The number of amides is 1. The Morgan fingerprint density at radius 3 is 2.75 bits per heavy atom. The number of para-hydroxylation sites is 1. The molecule has 0 radical (unpaired) electrons. The van der Waals surface area contributed by atoms with Crippen LogP contribution in [0.15, 0.2) is 24.3 Å². The zero-order valence-corrected chi connectivity index (χ0v) is 9.31. The average Bonchev–Trinajstić information content (AvgIpc) is 2.29. The van der Waals surface area contributed by atoms with Crippen LogP contribution in [0.25, 0.3) is 0 Å². The zero-order chi connectivity index (χ0) is 12.0. The Morgan fingerprint density at radius 1 is 1.44 bits per heavy atom. The van der Waals surface area contributed by atoms with Crippen molar-refractivity contribution in [3.63, 3.8) is 0 Å². The maximum Gasteiger partial charge on any atom is 0.224 e. The molecule has 3 N–H and O–H groups in total. The lowest BCUT2D eigenvalue weighted by molar-refractivity contribution is -0.120. The van der Waals surface area contributed by atoms with Gasteiger partial charge in [0.1, 0.15) is 5.75 Å². The van der Waals surface area contributed by atoms with Crippen molar-refractivity contribution in [3.8, 4) is 5.75 Å². The van der Waals surface area contributed by atoms with E-state index in [0.717, 1.165) is 0 Å². The summed E-state index contributed by atoms with van der Waals surface area (Å²) in [6.45, 7) is 2.35. The molecule has 0 aliphatic carbocycles. The van der Waals surface area contributed by atoms with E-state index in [1.807, 2.05) is 6.92 Å².